The zero-order chi connectivity index (χ0) is 27.8. The van der Waals surface area contributed by atoms with E-state index in [1.807, 2.05) is 24.3 Å². The van der Waals surface area contributed by atoms with Crippen molar-refractivity contribution in [1.82, 2.24) is 35.0 Å². The highest BCUT2D eigenvalue weighted by molar-refractivity contribution is 5.93. The van der Waals surface area contributed by atoms with E-state index in [2.05, 4.69) is 72.5 Å². The summed E-state index contributed by atoms with van der Waals surface area (Å²) in [7, 11) is 1.64. The van der Waals surface area contributed by atoms with Crippen LogP contribution in [0.4, 0.5) is 5.82 Å². The number of aromatic amines is 1. The molecule has 7 rings (SSSR count). The molecule has 0 bridgehead atoms. The Labute approximate surface area is 237 Å². The first kappa shape index (κ1) is 25.1. The average molecular weight is 543 g/mol. The number of aromatic nitrogens is 6. The van der Waals surface area contributed by atoms with Crippen LogP contribution in [0.5, 0.6) is 5.88 Å². The van der Waals surface area contributed by atoms with Crippen LogP contribution in [-0.4, -0.2) is 55.2 Å². The number of methoxy groups -OCH3 is 1. The first-order valence-corrected chi connectivity index (χ1v) is 13.8. The summed E-state index contributed by atoms with van der Waals surface area (Å²) in [5, 5.41) is 8.64. The van der Waals surface area contributed by atoms with Gasteiger partial charge in [0.2, 0.25) is 5.88 Å². The summed E-state index contributed by atoms with van der Waals surface area (Å²) in [5.41, 5.74) is 13.2. The minimum atomic E-state index is 0.299. The van der Waals surface area contributed by atoms with Gasteiger partial charge in [-0.1, -0.05) is 54.6 Å². The molecular weight excluding hydrogens is 512 g/mol. The van der Waals surface area contributed by atoms with Crippen LogP contribution in [0.25, 0.3) is 44.3 Å². The van der Waals surface area contributed by atoms with Crippen LogP contribution in [0.2, 0.25) is 0 Å². The Kier molecular flexibility index (Phi) is 6.48. The van der Waals surface area contributed by atoms with Crippen molar-refractivity contribution >= 4 is 27.8 Å². The van der Waals surface area contributed by atoms with Crippen molar-refractivity contribution in [2.24, 2.45) is 0 Å². The van der Waals surface area contributed by atoms with Crippen molar-refractivity contribution in [3.63, 3.8) is 0 Å². The molecule has 1 aliphatic rings. The first-order valence-electron chi connectivity index (χ1n) is 13.8. The zero-order valence-corrected chi connectivity index (χ0v) is 22.8. The van der Waals surface area contributed by atoms with E-state index in [0.29, 0.717) is 23.3 Å². The second-order valence-electron chi connectivity index (χ2n) is 10.5. The summed E-state index contributed by atoms with van der Waals surface area (Å²) < 4.78 is 5.53. The van der Waals surface area contributed by atoms with Crippen LogP contribution < -0.4 is 10.5 Å². The minimum Gasteiger partial charge on any atom is -0.481 e. The summed E-state index contributed by atoms with van der Waals surface area (Å²) in [6, 6.07) is 23.2. The van der Waals surface area contributed by atoms with Crippen molar-refractivity contribution in [1.29, 1.82) is 0 Å². The van der Waals surface area contributed by atoms with E-state index in [1.165, 1.54) is 5.56 Å². The predicted octanol–water partition coefficient (Wildman–Crippen LogP) is 5.60. The Morgan fingerprint density at radius 1 is 0.927 bits per heavy atom. The Bertz CT molecular complexity index is 1830. The maximum atomic E-state index is 6.14. The molecule has 0 atom stereocenters. The van der Waals surface area contributed by atoms with Gasteiger partial charge in [0.1, 0.15) is 11.6 Å². The summed E-state index contributed by atoms with van der Waals surface area (Å²) in [6.07, 6.45) is 5.41. The molecule has 9 nitrogen and oxygen atoms in total. The lowest BCUT2D eigenvalue weighted by atomic mass is 9.95. The maximum absolute atomic E-state index is 6.14. The van der Waals surface area contributed by atoms with Crippen molar-refractivity contribution in [3.05, 3.63) is 90.5 Å². The topological polar surface area (TPSA) is 119 Å². The third-order valence-electron chi connectivity index (χ3n) is 7.93. The van der Waals surface area contributed by atoms with Crippen LogP contribution >= 0.6 is 0 Å². The molecule has 1 fully saturated rings. The number of fused-ring (bicyclic) bond motifs is 2. The molecule has 1 aliphatic heterocycles. The van der Waals surface area contributed by atoms with Crippen molar-refractivity contribution in [2.75, 3.05) is 25.9 Å². The number of benzene rings is 2. The van der Waals surface area contributed by atoms with E-state index in [-0.39, 0.29) is 0 Å². The number of nitrogens with zero attached hydrogens (tertiary/aromatic N) is 6. The fourth-order valence-corrected chi connectivity index (χ4v) is 5.72. The van der Waals surface area contributed by atoms with Crippen LogP contribution in [0.3, 0.4) is 0 Å². The average Bonchev–Trinajstić information content (AvgIpc) is 3.51. The molecule has 1 saturated heterocycles. The second kappa shape index (κ2) is 10.6. The van der Waals surface area contributed by atoms with E-state index >= 15 is 0 Å². The number of nitrogens with one attached hydrogen (secondary N) is 1. The quantitative estimate of drug-likeness (QED) is 0.279. The minimum absolute atomic E-state index is 0.299. The van der Waals surface area contributed by atoms with E-state index in [4.69, 9.17) is 15.5 Å². The second-order valence-corrected chi connectivity index (χ2v) is 10.5. The third-order valence-corrected chi connectivity index (χ3v) is 7.93. The van der Waals surface area contributed by atoms with E-state index in [1.54, 1.807) is 19.5 Å². The molecule has 41 heavy (non-hydrogen) atoms. The van der Waals surface area contributed by atoms with Crippen molar-refractivity contribution in [3.8, 4) is 28.3 Å². The van der Waals surface area contributed by atoms with Crippen LogP contribution in [0.15, 0.2) is 79.1 Å². The molecule has 3 N–H and O–H groups in total. The number of nitrogens with two attached hydrogens (primary N) is 1. The zero-order valence-electron chi connectivity index (χ0n) is 22.8. The first-order chi connectivity index (χ1) is 20.2. The maximum Gasteiger partial charge on any atom is 0.222 e. The fourth-order valence-electron chi connectivity index (χ4n) is 5.72. The lowest BCUT2D eigenvalue weighted by molar-refractivity contribution is 0.202. The summed E-state index contributed by atoms with van der Waals surface area (Å²) in [5.74, 6) is 2.18. The van der Waals surface area contributed by atoms with Crippen LogP contribution in [0, 0.1) is 0 Å². The molecule has 5 heterocycles. The monoisotopic (exact) mass is 542 g/mol. The number of nitrogen functional groups attached to an aromatic ring is 1. The Balaban J connectivity index is 1.10. The number of likely N-dealkylation sites (tertiary alicyclic amines) is 1. The molecular formula is C32H30N8O. The summed E-state index contributed by atoms with van der Waals surface area (Å²) >= 11 is 0. The van der Waals surface area contributed by atoms with E-state index in [9.17, 15) is 0 Å². The standard InChI is InChI=1S/C32H30N8O/c1-41-32-25-17-24(21-5-3-2-4-6-21)28(36-27(25)11-14-34-32)22-9-7-20(8-10-22)19-40-15-12-23(13-16-40)30-37-29(33)26-18-35-39-31(26)38-30/h2-11,14,17-18,23H,12-13,15-16,19H2,1H3,(H3,33,35,37,38,39). The van der Waals surface area contributed by atoms with Crippen molar-refractivity contribution in [2.45, 2.75) is 25.3 Å². The number of H-pyrrole nitrogens is 1. The summed E-state index contributed by atoms with van der Waals surface area (Å²) in [6.45, 7) is 2.86. The highest BCUT2D eigenvalue weighted by Gasteiger charge is 2.24. The molecule has 0 radical (unpaired) electrons. The Hall–Kier alpha value is -4.89. The number of hydrogen-bond acceptors (Lipinski definition) is 8. The largest absolute Gasteiger partial charge is 0.481 e. The van der Waals surface area contributed by atoms with Gasteiger partial charge in [0, 0.05) is 29.8 Å². The van der Waals surface area contributed by atoms with Crippen molar-refractivity contribution < 1.29 is 4.74 Å². The van der Waals surface area contributed by atoms with Gasteiger partial charge in [-0.25, -0.2) is 19.9 Å². The molecule has 4 aromatic heterocycles. The lowest BCUT2D eigenvalue weighted by Crippen LogP contribution is -2.33. The molecule has 0 aliphatic carbocycles. The molecule has 204 valence electrons. The number of pyridine rings is 2. The highest BCUT2D eigenvalue weighted by Crippen LogP contribution is 2.36. The number of anilines is 1. The van der Waals surface area contributed by atoms with E-state index < -0.39 is 0 Å². The van der Waals surface area contributed by atoms with Gasteiger partial charge < -0.3 is 10.5 Å². The number of rotatable bonds is 6. The van der Waals surface area contributed by atoms with Gasteiger partial charge in [-0.05, 0) is 49.2 Å². The Morgan fingerprint density at radius 3 is 2.51 bits per heavy atom. The smallest absolute Gasteiger partial charge is 0.222 e. The van der Waals surface area contributed by atoms with Gasteiger partial charge in [0.15, 0.2) is 5.65 Å². The number of hydrogen-bond donors (Lipinski definition) is 2. The highest BCUT2D eigenvalue weighted by atomic mass is 16.5. The van der Waals surface area contributed by atoms with Gasteiger partial charge in [0.05, 0.1) is 35.3 Å². The lowest BCUT2D eigenvalue weighted by Gasteiger charge is -2.31. The molecule has 2 aromatic carbocycles. The SMILES string of the molecule is COc1nccc2nc(-c3ccc(CN4CCC(c5nc(N)c6cn[nH]c6n5)CC4)cc3)c(-c3ccccc3)cc12. The van der Waals surface area contributed by atoms with Gasteiger partial charge >= 0.3 is 0 Å². The molecule has 0 saturated carbocycles. The summed E-state index contributed by atoms with van der Waals surface area (Å²) in [4.78, 5) is 21.2. The Morgan fingerprint density at radius 2 is 1.73 bits per heavy atom. The molecule has 0 spiro atoms. The van der Waals surface area contributed by atoms with Gasteiger partial charge in [-0.15, -0.1) is 0 Å². The third kappa shape index (κ3) is 4.85. The van der Waals surface area contributed by atoms with Crippen LogP contribution in [-0.2, 0) is 6.54 Å². The van der Waals surface area contributed by atoms with Gasteiger partial charge in [0.25, 0.3) is 0 Å². The van der Waals surface area contributed by atoms with Gasteiger partial charge in [-0.2, -0.15) is 5.10 Å². The van der Waals surface area contributed by atoms with E-state index in [0.717, 1.165) is 77.0 Å². The van der Waals surface area contributed by atoms with Gasteiger partial charge in [-0.3, -0.25) is 10.00 Å². The molecule has 0 unspecified atom stereocenters. The number of piperidine rings is 1. The normalized spacial score (nSPS) is 14.6. The predicted molar refractivity (Wildman–Crippen MR) is 160 cm³/mol. The molecule has 9 heteroatoms. The van der Waals surface area contributed by atoms with Crippen LogP contribution in [0.1, 0.15) is 30.1 Å². The fraction of sp³-hybridized carbons (Fsp3) is 0.219. The molecule has 0 amide bonds. The molecule has 6 aromatic rings. The number of ether oxygens (including phenoxy) is 1.